The topological polar surface area (TPSA) is 50.4 Å². The van der Waals surface area contributed by atoms with Crippen LogP contribution in [0.25, 0.3) is 0 Å². The summed E-state index contributed by atoms with van der Waals surface area (Å²) in [4.78, 5) is 11.2. The summed E-state index contributed by atoms with van der Waals surface area (Å²) in [5, 5.41) is 6.08. The molecule has 0 saturated carbocycles. The highest BCUT2D eigenvalue weighted by Crippen LogP contribution is 1.86. The van der Waals surface area contributed by atoms with Crippen molar-refractivity contribution in [3.05, 3.63) is 0 Å². The van der Waals surface area contributed by atoms with Crippen molar-refractivity contribution in [1.29, 1.82) is 0 Å². The summed E-state index contributed by atoms with van der Waals surface area (Å²) in [6, 6.07) is 0.309. The predicted molar refractivity (Wildman–Crippen MR) is 61.9 cm³/mol. The minimum atomic E-state index is 0.118. The standard InChI is InChI=1S/C11H24N2O2/c1-4-7-13-11(14)6-8-12-10(3)9-15-5-2/h10,12H,4-9H2,1-3H3,(H,13,14). The highest BCUT2D eigenvalue weighted by atomic mass is 16.5. The number of carbonyl (C=O) groups is 1. The molecule has 0 aromatic heterocycles. The maximum Gasteiger partial charge on any atom is 0.221 e. The molecule has 0 heterocycles. The molecule has 0 aliphatic heterocycles. The van der Waals surface area contributed by atoms with Gasteiger partial charge in [-0.2, -0.15) is 0 Å². The van der Waals surface area contributed by atoms with E-state index in [9.17, 15) is 4.79 Å². The summed E-state index contributed by atoms with van der Waals surface area (Å²) in [7, 11) is 0. The number of hydrogen-bond donors (Lipinski definition) is 2. The molecule has 0 spiro atoms. The van der Waals surface area contributed by atoms with Gasteiger partial charge in [-0.05, 0) is 20.3 Å². The Kier molecular flexibility index (Phi) is 9.52. The van der Waals surface area contributed by atoms with Crippen molar-refractivity contribution < 1.29 is 9.53 Å². The molecule has 0 fully saturated rings. The second-order valence-corrected chi connectivity index (χ2v) is 3.61. The monoisotopic (exact) mass is 216 g/mol. The number of ether oxygens (including phenoxy) is 1. The van der Waals surface area contributed by atoms with Crippen LogP contribution in [-0.2, 0) is 9.53 Å². The fourth-order valence-corrected chi connectivity index (χ4v) is 1.14. The van der Waals surface area contributed by atoms with Crippen LogP contribution in [-0.4, -0.2) is 38.3 Å². The Balaban J connectivity index is 3.31. The van der Waals surface area contributed by atoms with Gasteiger partial charge < -0.3 is 15.4 Å². The molecule has 0 rings (SSSR count). The molecule has 0 aromatic rings. The largest absolute Gasteiger partial charge is 0.380 e. The van der Waals surface area contributed by atoms with E-state index in [0.29, 0.717) is 25.6 Å². The van der Waals surface area contributed by atoms with Gasteiger partial charge in [-0.15, -0.1) is 0 Å². The van der Waals surface area contributed by atoms with E-state index in [0.717, 1.165) is 19.6 Å². The zero-order valence-electron chi connectivity index (χ0n) is 10.1. The fraction of sp³-hybridized carbons (Fsp3) is 0.909. The Morgan fingerprint density at radius 3 is 2.67 bits per heavy atom. The van der Waals surface area contributed by atoms with Crippen molar-refractivity contribution in [2.75, 3.05) is 26.3 Å². The summed E-state index contributed by atoms with van der Waals surface area (Å²) in [6.07, 6.45) is 1.52. The molecule has 1 atom stereocenters. The SMILES string of the molecule is CCCNC(=O)CCNC(C)COCC. The first-order valence-corrected chi connectivity index (χ1v) is 5.78. The van der Waals surface area contributed by atoms with Crippen LogP contribution in [0.5, 0.6) is 0 Å². The van der Waals surface area contributed by atoms with Gasteiger partial charge in [0.1, 0.15) is 0 Å². The third-order valence-electron chi connectivity index (χ3n) is 1.99. The molecule has 0 aliphatic carbocycles. The molecule has 0 aliphatic rings. The van der Waals surface area contributed by atoms with Gasteiger partial charge in [0, 0.05) is 32.2 Å². The predicted octanol–water partition coefficient (Wildman–Crippen LogP) is 0.917. The zero-order chi connectivity index (χ0) is 11.5. The lowest BCUT2D eigenvalue weighted by atomic mass is 10.3. The lowest BCUT2D eigenvalue weighted by Crippen LogP contribution is -2.34. The third kappa shape index (κ3) is 9.69. The van der Waals surface area contributed by atoms with Crippen LogP contribution in [0.15, 0.2) is 0 Å². The number of rotatable bonds is 9. The lowest BCUT2D eigenvalue weighted by Gasteiger charge is -2.13. The van der Waals surface area contributed by atoms with Crippen molar-refractivity contribution in [1.82, 2.24) is 10.6 Å². The molecule has 4 heteroatoms. The maximum atomic E-state index is 11.2. The lowest BCUT2D eigenvalue weighted by molar-refractivity contribution is -0.121. The van der Waals surface area contributed by atoms with E-state index in [1.54, 1.807) is 0 Å². The highest BCUT2D eigenvalue weighted by Gasteiger charge is 2.03. The highest BCUT2D eigenvalue weighted by molar-refractivity contribution is 5.75. The van der Waals surface area contributed by atoms with Crippen molar-refractivity contribution in [2.45, 2.75) is 39.7 Å². The first-order valence-electron chi connectivity index (χ1n) is 5.78. The Bertz CT molecular complexity index is 163. The van der Waals surface area contributed by atoms with Gasteiger partial charge in [-0.3, -0.25) is 4.79 Å². The minimum Gasteiger partial charge on any atom is -0.380 e. The van der Waals surface area contributed by atoms with Crippen LogP contribution in [0.2, 0.25) is 0 Å². The van der Waals surface area contributed by atoms with Crippen molar-refractivity contribution >= 4 is 5.91 Å². The van der Waals surface area contributed by atoms with Gasteiger partial charge in [0.05, 0.1) is 6.61 Å². The number of nitrogens with one attached hydrogen (secondary N) is 2. The number of hydrogen-bond acceptors (Lipinski definition) is 3. The van der Waals surface area contributed by atoms with Crippen LogP contribution < -0.4 is 10.6 Å². The summed E-state index contributed by atoms with van der Waals surface area (Å²) in [5.74, 6) is 0.118. The molecule has 0 saturated heterocycles. The molecule has 4 nitrogen and oxygen atoms in total. The number of amides is 1. The molecule has 0 radical (unpaired) electrons. The molecule has 1 unspecified atom stereocenters. The van der Waals surface area contributed by atoms with Crippen molar-refractivity contribution in [3.63, 3.8) is 0 Å². The van der Waals surface area contributed by atoms with E-state index in [-0.39, 0.29) is 5.91 Å². The van der Waals surface area contributed by atoms with E-state index in [2.05, 4.69) is 17.6 Å². The Morgan fingerprint density at radius 2 is 2.07 bits per heavy atom. The van der Waals surface area contributed by atoms with E-state index in [1.165, 1.54) is 0 Å². The second-order valence-electron chi connectivity index (χ2n) is 3.61. The van der Waals surface area contributed by atoms with Crippen LogP contribution in [0.4, 0.5) is 0 Å². The van der Waals surface area contributed by atoms with Crippen molar-refractivity contribution in [3.8, 4) is 0 Å². The fourth-order valence-electron chi connectivity index (χ4n) is 1.14. The van der Waals surface area contributed by atoms with Gasteiger partial charge in [-0.1, -0.05) is 6.92 Å². The van der Waals surface area contributed by atoms with E-state index < -0.39 is 0 Å². The molecule has 90 valence electrons. The van der Waals surface area contributed by atoms with Gasteiger partial charge in [0.15, 0.2) is 0 Å². The Labute approximate surface area is 92.8 Å². The van der Waals surface area contributed by atoms with Gasteiger partial charge in [0.25, 0.3) is 0 Å². The van der Waals surface area contributed by atoms with Crippen LogP contribution in [0.1, 0.15) is 33.6 Å². The molecular weight excluding hydrogens is 192 g/mol. The smallest absolute Gasteiger partial charge is 0.221 e. The first kappa shape index (κ1) is 14.4. The Hall–Kier alpha value is -0.610. The quantitative estimate of drug-likeness (QED) is 0.602. The first-order chi connectivity index (χ1) is 7.20. The van der Waals surface area contributed by atoms with Crippen LogP contribution >= 0.6 is 0 Å². The summed E-state index contributed by atoms with van der Waals surface area (Å²) in [6.45, 7) is 9.00. The zero-order valence-corrected chi connectivity index (χ0v) is 10.1. The number of carbonyl (C=O) groups excluding carboxylic acids is 1. The average Bonchev–Trinajstić information content (AvgIpc) is 2.23. The van der Waals surface area contributed by atoms with Gasteiger partial charge in [0.2, 0.25) is 5.91 Å². The molecule has 1 amide bonds. The molecular formula is C11H24N2O2. The maximum absolute atomic E-state index is 11.2. The third-order valence-corrected chi connectivity index (χ3v) is 1.99. The summed E-state index contributed by atoms with van der Waals surface area (Å²) < 4.78 is 5.25. The van der Waals surface area contributed by atoms with Crippen LogP contribution in [0, 0.1) is 0 Å². The van der Waals surface area contributed by atoms with Crippen LogP contribution in [0.3, 0.4) is 0 Å². The Morgan fingerprint density at radius 1 is 1.33 bits per heavy atom. The molecule has 0 aromatic carbocycles. The minimum absolute atomic E-state index is 0.118. The molecule has 15 heavy (non-hydrogen) atoms. The van der Waals surface area contributed by atoms with E-state index >= 15 is 0 Å². The van der Waals surface area contributed by atoms with Crippen molar-refractivity contribution in [2.24, 2.45) is 0 Å². The molecule has 0 bridgehead atoms. The summed E-state index contributed by atoms with van der Waals surface area (Å²) >= 11 is 0. The summed E-state index contributed by atoms with van der Waals surface area (Å²) in [5.41, 5.74) is 0. The normalized spacial score (nSPS) is 12.5. The average molecular weight is 216 g/mol. The van der Waals surface area contributed by atoms with Gasteiger partial charge >= 0.3 is 0 Å². The van der Waals surface area contributed by atoms with E-state index in [4.69, 9.17) is 4.74 Å². The molecule has 2 N–H and O–H groups in total. The second kappa shape index (κ2) is 9.93. The van der Waals surface area contributed by atoms with Gasteiger partial charge in [-0.25, -0.2) is 0 Å². The van der Waals surface area contributed by atoms with E-state index in [1.807, 2.05) is 13.8 Å².